The third kappa shape index (κ3) is 14.0. The van der Waals surface area contributed by atoms with Crippen molar-refractivity contribution in [2.45, 2.75) is 120 Å². The fraction of sp³-hybridized carbons (Fsp3) is 0.743. The van der Waals surface area contributed by atoms with E-state index in [-0.39, 0.29) is 50.3 Å². The van der Waals surface area contributed by atoms with E-state index in [0.29, 0.717) is 83.8 Å². The molecular weight excluding hydrogens is 742 g/mol. The highest BCUT2D eigenvalue weighted by atomic mass is 16.2. The monoisotopic (exact) mass is 806 g/mol. The first-order valence-corrected chi connectivity index (χ1v) is 19.9. The maximum atomic E-state index is 14.1. The van der Waals surface area contributed by atoms with Crippen molar-refractivity contribution < 1.29 is 33.6 Å². The normalized spacial score (nSPS) is 20.6. The van der Waals surface area contributed by atoms with Crippen molar-refractivity contribution in [1.29, 1.82) is 10.8 Å². The largest absolute Gasteiger partial charge is 0.370 e. The van der Waals surface area contributed by atoms with E-state index in [9.17, 15) is 33.6 Å². The van der Waals surface area contributed by atoms with Gasteiger partial charge in [-0.25, -0.2) is 0 Å². The van der Waals surface area contributed by atoms with Crippen LogP contribution in [0.5, 0.6) is 0 Å². The topological polar surface area (TPSA) is 367 Å². The number of amides is 7. The zero-order chi connectivity index (χ0) is 42.1. The third-order valence-electron chi connectivity index (χ3n) is 10.5. The number of rotatable bonds is 22. The smallest absolute Gasteiger partial charge is 0.245 e. The summed E-state index contributed by atoms with van der Waals surface area (Å²) < 4.78 is 0. The summed E-state index contributed by atoms with van der Waals surface area (Å²) in [5, 5.41) is 28.0. The van der Waals surface area contributed by atoms with Crippen molar-refractivity contribution in [3.05, 3.63) is 0 Å². The molecule has 0 saturated carbocycles. The summed E-state index contributed by atoms with van der Waals surface area (Å²) in [4.78, 5) is 97.2. The van der Waals surface area contributed by atoms with Crippen LogP contribution in [-0.2, 0) is 33.6 Å². The fourth-order valence-electron chi connectivity index (χ4n) is 7.51. The molecule has 3 heterocycles. The highest BCUT2D eigenvalue weighted by molar-refractivity contribution is 5.97. The Morgan fingerprint density at radius 3 is 1.60 bits per heavy atom. The van der Waals surface area contributed by atoms with E-state index in [1.807, 2.05) is 0 Å². The SMILES string of the molecule is N=C(N)NCCC[C@H](NC(=O)[C@@H]1CCCN1C(=O)CNC(=O)[C@@H]1CCCN1C(=O)[C@H](CCCNC(=N)N)NC(=O)[C@@H]1CCCN1C(=O)[C@@H](N)CCCCN)C(N)=O. The Balaban J connectivity index is 1.63. The van der Waals surface area contributed by atoms with Crippen molar-refractivity contribution in [2.24, 2.45) is 28.7 Å². The molecule has 22 heteroatoms. The molecule has 3 aliphatic heterocycles. The molecule has 3 fully saturated rings. The average molecular weight is 806 g/mol. The molecule has 3 saturated heterocycles. The van der Waals surface area contributed by atoms with Crippen LogP contribution < -0.4 is 55.3 Å². The van der Waals surface area contributed by atoms with E-state index >= 15 is 0 Å². The van der Waals surface area contributed by atoms with Crippen molar-refractivity contribution in [2.75, 3.05) is 45.8 Å². The summed E-state index contributed by atoms with van der Waals surface area (Å²) in [7, 11) is 0. The molecule has 7 amide bonds. The Bertz CT molecular complexity index is 1470. The number of hydrogen-bond acceptors (Lipinski definition) is 11. The lowest BCUT2D eigenvalue weighted by Gasteiger charge is -2.31. The molecule has 0 aromatic rings. The number of carbonyl (C=O) groups is 7. The van der Waals surface area contributed by atoms with Crippen molar-refractivity contribution in [1.82, 2.24) is 41.3 Å². The molecule has 0 spiro atoms. The summed E-state index contributed by atoms with van der Waals surface area (Å²) in [6, 6.07) is -5.46. The Morgan fingerprint density at radius 1 is 0.596 bits per heavy atom. The second-order valence-electron chi connectivity index (χ2n) is 14.7. The van der Waals surface area contributed by atoms with Gasteiger partial charge in [-0.2, -0.15) is 0 Å². The number of nitrogens with one attached hydrogen (secondary N) is 7. The molecule has 3 aliphatic rings. The minimum Gasteiger partial charge on any atom is -0.370 e. The Labute approximate surface area is 332 Å². The average Bonchev–Trinajstić information content (AvgIpc) is 3.97. The first-order valence-electron chi connectivity index (χ1n) is 19.9. The highest BCUT2D eigenvalue weighted by Crippen LogP contribution is 2.23. The highest BCUT2D eigenvalue weighted by Gasteiger charge is 2.41. The van der Waals surface area contributed by atoms with E-state index in [0.717, 1.165) is 6.42 Å². The molecule has 22 nitrogen and oxygen atoms in total. The second kappa shape index (κ2) is 23.1. The van der Waals surface area contributed by atoms with Crippen LogP contribution in [0.1, 0.15) is 83.5 Å². The van der Waals surface area contributed by atoms with Crippen LogP contribution in [0.4, 0.5) is 0 Å². The van der Waals surface area contributed by atoms with Crippen LogP contribution in [-0.4, -0.2) is 150 Å². The number of unbranched alkanes of at least 4 members (excludes halogenated alkanes) is 1. The lowest BCUT2D eigenvalue weighted by atomic mass is 10.1. The van der Waals surface area contributed by atoms with Gasteiger partial charge in [-0.05, 0) is 83.6 Å². The lowest BCUT2D eigenvalue weighted by molar-refractivity contribution is -0.144. The van der Waals surface area contributed by atoms with Gasteiger partial charge in [0.1, 0.15) is 30.2 Å². The van der Waals surface area contributed by atoms with Gasteiger partial charge in [0.15, 0.2) is 11.9 Å². The summed E-state index contributed by atoms with van der Waals surface area (Å²) in [5.74, 6) is -4.20. The number of primary amides is 1. The molecule has 3 rings (SSSR count). The van der Waals surface area contributed by atoms with Crippen LogP contribution in [0.15, 0.2) is 0 Å². The molecule has 17 N–H and O–H groups in total. The number of guanidine groups is 2. The fourth-order valence-corrected chi connectivity index (χ4v) is 7.51. The van der Waals surface area contributed by atoms with E-state index in [4.69, 9.17) is 39.5 Å². The van der Waals surface area contributed by atoms with E-state index in [2.05, 4.69) is 26.6 Å². The van der Waals surface area contributed by atoms with Gasteiger partial charge in [-0.3, -0.25) is 44.4 Å². The number of hydrogen-bond donors (Lipinski definition) is 12. The van der Waals surface area contributed by atoms with E-state index in [1.54, 1.807) is 0 Å². The Morgan fingerprint density at radius 2 is 1.07 bits per heavy atom. The zero-order valence-electron chi connectivity index (χ0n) is 32.7. The molecule has 0 aliphatic carbocycles. The number of nitrogens with zero attached hydrogens (tertiary/aromatic N) is 3. The van der Waals surface area contributed by atoms with Crippen molar-refractivity contribution in [3.63, 3.8) is 0 Å². The number of nitrogens with two attached hydrogens (primary N) is 5. The number of likely N-dealkylation sites (tertiary alicyclic amines) is 3. The van der Waals surface area contributed by atoms with Crippen LogP contribution in [0.2, 0.25) is 0 Å². The first-order chi connectivity index (χ1) is 27.2. The zero-order valence-corrected chi connectivity index (χ0v) is 32.7. The van der Waals surface area contributed by atoms with Crippen molar-refractivity contribution in [3.8, 4) is 0 Å². The third-order valence-corrected chi connectivity index (χ3v) is 10.5. The van der Waals surface area contributed by atoms with Crippen molar-refractivity contribution >= 4 is 53.3 Å². The maximum Gasteiger partial charge on any atom is 0.245 e. The molecule has 0 aromatic carbocycles. The van der Waals surface area contributed by atoms with Gasteiger partial charge in [-0.1, -0.05) is 6.42 Å². The first kappa shape index (κ1) is 46.1. The molecule has 0 unspecified atom stereocenters. The van der Waals surface area contributed by atoms with Gasteiger partial charge >= 0.3 is 0 Å². The summed E-state index contributed by atoms with van der Waals surface area (Å²) in [5.41, 5.74) is 27.9. The number of carbonyl (C=O) groups excluding carboxylic acids is 7. The summed E-state index contributed by atoms with van der Waals surface area (Å²) in [6.07, 6.45) is 5.58. The molecule has 0 bridgehead atoms. The van der Waals surface area contributed by atoms with Gasteiger partial charge in [0.05, 0.1) is 12.6 Å². The van der Waals surface area contributed by atoms with E-state index < -0.39 is 78.2 Å². The van der Waals surface area contributed by atoms with Crippen LogP contribution >= 0.6 is 0 Å². The van der Waals surface area contributed by atoms with Gasteiger partial charge in [0.2, 0.25) is 41.4 Å². The second-order valence-corrected chi connectivity index (χ2v) is 14.7. The van der Waals surface area contributed by atoms with Gasteiger partial charge in [-0.15, -0.1) is 0 Å². The van der Waals surface area contributed by atoms with Gasteiger partial charge in [0.25, 0.3) is 0 Å². The minimum absolute atomic E-state index is 0.151. The van der Waals surface area contributed by atoms with Crippen LogP contribution in [0.25, 0.3) is 0 Å². The molecule has 320 valence electrons. The molecule has 0 radical (unpaired) electrons. The maximum absolute atomic E-state index is 14.1. The quantitative estimate of drug-likeness (QED) is 0.0279. The summed E-state index contributed by atoms with van der Waals surface area (Å²) in [6.45, 7) is 1.44. The predicted molar refractivity (Wildman–Crippen MR) is 209 cm³/mol. The van der Waals surface area contributed by atoms with Gasteiger partial charge < -0.3 is 70.0 Å². The predicted octanol–water partition coefficient (Wildman–Crippen LogP) is -4.49. The standard InChI is InChI=1S/C35H63N15O7/c36-14-2-1-8-21(37)32(56)49-18-7-13-26(49)31(55)47-23(10-4-16-44-35(41)42)33(57)50-19-6-11-24(50)29(53)45-20-27(51)48-17-5-12-25(48)30(54)46-22(28(38)52)9-3-15-43-34(39)40/h21-26H,1-20,36-37H2,(H2,38,52)(H,45,53)(H,46,54)(H,47,55)(H4,39,40,43)(H4,41,42,44)/t21-,22-,23-,24-,25-,26-/m0/s1. The minimum atomic E-state index is -1.06. The van der Waals surface area contributed by atoms with E-state index in [1.165, 1.54) is 14.7 Å². The lowest BCUT2D eigenvalue weighted by Crippen LogP contribution is -2.57. The Kier molecular flexibility index (Phi) is 18.7. The molecule has 0 aromatic heterocycles. The molecule has 57 heavy (non-hydrogen) atoms. The van der Waals surface area contributed by atoms with Crippen LogP contribution in [0.3, 0.4) is 0 Å². The summed E-state index contributed by atoms with van der Waals surface area (Å²) >= 11 is 0. The molecule has 6 atom stereocenters. The van der Waals surface area contributed by atoms with Gasteiger partial charge in [0, 0.05) is 32.7 Å². The van der Waals surface area contributed by atoms with Crippen LogP contribution in [0, 0.1) is 10.8 Å². The molecular formula is C35H63N15O7. The Hall–Kier alpha value is -5.25.